The number of hydrogen-bond acceptors (Lipinski definition) is 6. The smallest absolute Gasteiger partial charge is 0.258 e. The topological polar surface area (TPSA) is 95.6 Å². The zero-order chi connectivity index (χ0) is 29.6. The number of ether oxygens (including phenoxy) is 1. The van der Waals surface area contributed by atoms with Gasteiger partial charge in [0.1, 0.15) is 0 Å². The van der Waals surface area contributed by atoms with Gasteiger partial charge in [-0.2, -0.15) is 0 Å². The largest absolute Gasteiger partial charge is 0.379 e. The first-order valence-corrected chi connectivity index (χ1v) is 14.7. The number of carbonyl (C=O) groups excluding carboxylic acids is 2. The maximum absolute atomic E-state index is 13.5. The van der Waals surface area contributed by atoms with Crippen LogP contribution in [-0.4, -0.2) is 48.0 Å². The summed E-state index contributed by atoms with van der Waals surface area (Å²) < 4.78 is 5.47. The van der Waals surface area contributed by atoms with Crippen LogP contribution in [0.1, 0.15) is 52.0 Å². The first kappa shape index (κ1) is 28.3. The van der Waals surface area contributed by atoms with Crippen LogP contribution in [0, 0.1) is 0 Å². The lowest BCUT2D eigenvalue weighted by molar-refractivity contribution is -0.110. The lowest BCUT2D eigenvalue weighted by Crippen LogP contribution is -2.35. The van der Waals surface area contributed by atoms with Crippen LogP contribution in [-0.2, 0) is 16.1 Å². The first-order chi connectivity index (χ1) is 21.1. The van der Waals surface area contributed by atoms with Crippen molar-refractivity contribution in [2.75, 3.05) is 36.9 Å². The van der Waals surface area contributed by atoms with Crippen LogP contribution in [0.5, 0.6) is 0 Å². The van der Waals surface area contributed by atoms with Crippen LogP contribution in [0.4, 0.5) is 11.4 Å². The Labute approximate surface area is 251 Å². The van der Waals surface area contributed by atoms with E-state index in [0.29, 0.717) is 28.1 Å². The molecule has 1 fully saturated rings. The number of nitrogens with one attached hydrogen (secondary N) is 3. The Bertz CT molecular complexity index is 1610. The number of carbonyl (C=O) groups is 2. The first-order valence-electron chi connectivity index (χ1n) is 14.7. The van der Waals surface area contributed by atoms with Crippen molar-refractivity contribution < 1.29 is 14.3 Å². The molecule has 8 heteroatoms. The van der Waals surface area contributed by atoms with E-state index in [2.05, 4.69) is 38.0 Å². The monoisotopic (exact) mass is 573 g/mol. The Kier molecular flexibility index (Phi) is 8.58. The summed E-state index contributed by atoms with van der Waals surface area (Å²) in [5.74, 6) is -0.419. The fourth-order valence-electron chi connectivity index (χ4n) is 5.56. The van der Waals surface area contributed by atoms with E-state index in [1.165, 1.54) is 5.56 Å². The van der Waals surface area contributed by atoms with Gasteiger partial charge in [-0.3, -0.25) is 19.5 Å². The minimum absolute atomic E-state index is 0.114. The molecule has 0 aliphatic carbocycles. The van der Waals surface area contributed by atoms with Gasteiger partial charge in [-0.1, -0.05) is 49.4 Å². The highest BCUT2D eigenvalue weighted by molar-refractivity contribution is 6.37. The standard InChI is InChI=1S/C35H35N5O3/c1-2-30(25-6-4-3-5-7-25)38-34(41)27-10-13-31-29(22-27)32(35(42)39-31)33(26-14-16-36-17-15-26)37-28-11-8-24(9-12-28)23-40-18-20-43-21-19-40/h3-17,22,30,37H,2,18-21,23H2,1H3,(H,38,41)(H,39,42)/t30-/m1/s1. The van der Waals surface area contributed by atoms with E-state index in [4.69, 9.17) is 4.74 Å². The summed E-state index contributed by atoms with van der Waals surface area (Å²) in [6, 6.07) is 27.2. The predicted octanol–water partition coefficient (Wildman–Crippen LogP) is 5.73. The molecule has 218 valence electrons. The number of rotatable bonds is 9. The number of hydrogen-bond donors (Lipinski definition) is 3. The molecule has 3 N–H and O–H groups in total. The average Bonchev–Trinajstić information content (AvgIpc) is 3.39. The molecule has 2 amide bonds. The molecule has 3 heterocycles. The predicted molar refractivity (Wildman–Crippen MR) is 169 cm³/mol. The maximum atomic E-state index is 13.5. The molecule has 0 spiro atoms. The Balaban J connectivity index is 1.31. The average molecular weight is 574 g/mol. The molecule has 2 aliphatic rings. The molecule has 0 bridgehead atoms. The molecule has 1 aromatic heterocycles. The molecular formula is C35H35N5O3. The Morgan fingerprint density at radius 2 is 1.70 bits per heavy atom. The van der Waals surface area contributed by atoms with Crippen molar-refractivity contribution >= 4 is 34.5 Å². The summed E-state index contributed by atoms with van der Waals surface area (Å²) >= 11 is 0. The van der Waals surface area contributed by atoms with Gasteiger partial charge in [0.05, 0.1) is 30.5 Å². The minimum atomic E-state index is -0.230. The summed E-state index contributed by atoms with van der Waals surface area (Å²) in [7, 11) is 0. The van der Waals surface area contributed by atoms with Crippen LogP contribution in [0.3, 0.4) is 0 Å². The van der Waals surface area contributed by atoms with Gasteiger partial charge in [0.25, 0.3) is 11.8 Å². The Morgan fingerprint density at radius 1 is 0.953 bits per heavy atom. The molecule has 1 atom stereocenters. The van der Waals surface area contributed by atoms with Crippen molar-refractivity contribution in [1.82, 2.24) is 15.2 Å². The molecule has 0 saturated carbocycles. The quantitative estimate of drug-likeness (QED) is 0.222. The second-order valence-electron chi connectivity index (χ2n) is 10.8. The number of morpholine rings is 1. The number of amides is 2. The number of benzene rings is 3. The van der Waals surface area contributed by atoms with Gasteiger partial charge in [-0.05, 0) is 60.0 Å². The second-order valence-corrected chi connectivity index (χ2v) is 10.8. The van der Waals surface area contributed by atoms with Gasteiger partial charge < -0.3 is 20.7 Å². The SMILES string of the molecule is CC[C@@H](NC(=O)c1ccc2c(c1)C(=C(Nc1ccc(CN3CCOCC3)cc1)c1ccncc1)C(=O)N2)c1ccccc1. The summed E-state index contributed by atoms with van der Waals surface area (Å²) in [5.41, 5.74) is 6.89. The van der Waals surface area contributed by atoms with E-state index in [1.54, 1.807) is 30.6 Å². The highest BCUT2D eigenvalue weighted by Crippen LogP contribution is 2.38. The van der Waals surface area contributed by atoms with Crippen molar-refractivity contribution in [1.29, 1.82) is 0 Å². The van der Waals surface area contributed by atoms with Gasteiger partial charge in [0.15, 0.2) is 0 Å². The van der Waals surface area contributed by atoms with Gasteiger partial charge in [0.2, 0.25) is 0 Å². The fourth-order valence-corrected chi connectivity index (χ4v) is 5.56. The summed E-state index contributed by atoms with van der Waals surface area (Å²) in [4.78, 5) is 33.4. The third kappa shape index (κ3) is 6.51. The number of pyridine rings is 1. The van der Waals surface area contributed by atoms with E-state index in [1.807, 2.05) is 61.5 Å². The second kappa shape index (κ2) is 13.0. The molecule has 43 heavy (non-hydrogen) atoms. The van der Waals surface area contributed by atoms with E-state index >= 15 is 0 Å². The molecule has 3 aromatic carbocycles. The normalized spacial score (nSPS) is 16.6. The van der Waals surface area contributed by atoms with Crippen molar-refractivity contribution in [2.24, 2.45) is 0 Å². The lowest BCUT2D eigenvalue weighted by atomic mass is 9.98. The third-order valence-electron chi connectivity index (χ3n) is 7.89. The number of anilines is 2. The fraction of sp³-hybridized carbons (Fsp3) is 0.229. The zero-order valence-corrected chi connectivity index (χ0v) is 24.2. The van der Waals surface area contributed by atoms with Crippen LogP contribution in [0.2, 0.25) is 0 Å². The van der Waals surface area contributed by atoms with Gasteiger partial charge in [-0.25, -0.2) is 0 Å². The minimum Gasteiger partial charge on any atom is -0.379 e. The Morgan fingerprint density at radius 3 is 2.42 bits per heavy atom. The molecule has 1 saturated heterocycles. The van der Waals surface area contributed by atoms with E-state index in [0.717, 1.165) is 56.1 Å². The van der Waals surface area contributed by atoms with Crippen molar-refractivity contribution in [3.05, 3.63) is 125 Å². The van der Waals surface area contributed by atoms with Gasteiger partial charge >= 0.3 is 0 Å². The van der Waals surface area contributed by atoms with Crippen LogP contribution in [0.25, 0.3) is 11.3 Å². The van der Waals surface area contributed by atoms with E-state index in [9.17, 15) is 9.59 Å². The highest BCUT2D eigenvalue weighted by Gasteiger charge is 2.30. The number of aromatic nitrogens is 1. The van der Waals surface area contributed by atoms with Crippen molar-refractivity contribution in [3.63, 3.8) is 0 Å². The molecule has 0 unspecified atom stereocenters. The molecule has 4 aromatic rings. The molecule has 2 aliphatic heterocycles. The molecular weight excluding hydrogens is 538 g/mol. The van der Waals surface area contributed by atoms with Crippen LogP contribution in [0.15, 0.2) is 97.3 Å². The number of fused-ring (bicyclic) bond motifs is 1. The zero-order valence-electron chi connectivity index (χ0n) is 24.2. The number of nitrogens with zero attached hydrogens (tertiary/aromatic N) is 2. The highest BCUT2D eigenvalue weighted by atomic mass is 16.5. The van der Waals surface area contributed by atoms with Gasteiger partial charge in [-0.15, -0.1) is 0 Å². The molecule has 8 nitrogen and oxygen atoms in total. The van der Waals surface area contributed by atoms with Crippen molar-refractivity contribution in [3.8, 4) is 0 Å². The van der Waals surface area contributed by atoms with Crippen LogP contribution >= 0.6 is 0 Å². The summed E-state index contributed by atoms with van der Waals surface area (Å²) in [6.45, 7) is 6.30. The third-order valence-corrected chi connectivity index (χ3v) is 7.89. The van der Waals surface area contributed by atoms with E-state index in [-0.39, 0.29) is 17.9 Å². The van der Waals surface area contributed by atoms with Crippen molar-refractivity contribution in [2.45, 2.75) is 25.9 Å². The van der Waals surface area contributed by atoms with Gasteiger partial charge in [0, 0.05) is 60.1 Å². The summed E-state index contributed by atoms with van der Waals surface area (Å²) in [5, 5.41) is 9.65. The molecule has 0 radical (unpaired) electrons. The summed E-state index contributed by atoms with van der Waals surface area (Å²) in [6.07, 6.45) is 4.16. The van der Waals surface area contributed by atoms with Crippen LogP contribution < -0.4 is 16.0 Å². The Hall–Kier alpha value is -4.79. The maximum Gasteiger partial charge on any atom is 0.258 e. The van der Waals surface area contributed by atoms with E-state index < -0.39 is 0 Å². The molecule has 6 rings (SSSR count). The lowest BCUT2D eigenvalue weighted by Gasteiger charge is -2.26.